The number of amides is 1. The van der Waals surface area contributed by atoms with Gasteiger partial charge in [0.05, 0.1) is 29.8 Å². The predicted octanol–water partition coefficient (Wildman–Crippen LogP) is 4.34. The van der Waals surface area contributed by atoms with Gasteiger partial charge in [0.15, 0.2) is 0 Å². The first kappa shape index (κ1) is 19.9. The molecule has 0 atom stereocenters. The summed E-state index contributed by atoms with van der Waals surface area (Å²) < 4.78 is 10.3. The molecule has 28 heavy (non-hydrogen) atoms. The molecule has 0 aliphatic carbocycles. The highest BCUT2D eigenvalue weighted by atomic mass is 35.5. The molecule has 0 fully saturated rings. The zero-order chi connectivity index (χ0) is 19.9. The van der Waals surface area contributed by atoms with E-state index < -0.39 is 5.97 Å². The second kappa shape index (κ2) is 9.34. The van der Waals surface area contributed by atoms with E-state index in [-0.39, 0.29) is 18.9 Å². The minimum Gasteiger partial charge on any atom is -0.486 e. The van der Waals surface area contributed by atoms with Crippen molar-refractivity contribution >= 4 is 40.5 Å². The van der Waals surface area contributed by atoms with Crippen molar-refractivity contribution in [2.24, 2.45) is 0 Å². The van der Waals surface area contributed by atoms with Crippen LogP contribution in [0.5, 0.6) is 5.75 Å². The normalized spacial score (nSPS) is 10.4. The largest absolute Gasteiger partial charge is 0.486 e. The fourth-order valence-corrected chi connectivity index (χ4v) is 3.39. The number of aromatic nitrogens is 1. The zero-order valence-electron chi connectivity index (χ0n) is 15.0. The quantitative estimate of drug-likeness (QED) is 0.579. The number of thiazole rings is 1. The molecule has 8 heteroatoms. The Bertz CT molecular complexity index is 975. The number of carbonyl (C=O) groups excluding carboxylic acids is 2. The van der Waals surface area contributed by atoms with Crippen molar-refractivity contribution in [1.29, 1.82) is 0 Å². The summed E-state index contributed by atoms with van der Waals surface area (Å²) >= 11 is 7.54. The Morgan fingerprint density at radius 3 is 2.68 bits per heavy atom. The number of rotatable bonds is 7. The highest BCUT2D eigenvalue weighted by Crippen LogP contribution is 2.27. The van der Waals surface area contributed by atoms with Crippen molar-refractivity contribution < 1.29 is 19.1 Å². The first-order chi connectivity index (χ1) is 13.5. The number of nitrogens with one attached hydrogen (secondary N) is 1. The number of halogens is 1. The van der Waals surface area contributed by atoms with Gasteiger partial charge in [0.25, 0.3) is 0 Å². The number of para-hydroxylation sites is 1. The SMILES string of the molecule is COC(=O)c1ccc(OCc2csc(CC(=O)Nc3ccccc3)n2)c(Cl)c1. The molecule has 3 aromatic rings. The van der Waals surface area contributed by atoms with Gasteiger partial charge in [-0.05, 0) is 30.3 Å². The van der Waals surface area contributed by atoms with Crippen molar-refractivity contribution in [3.05, 3.63) is 75.2 Å². The number of carbonyl (C=O) groups is 2. The summed E-state index contributed by atoms with van der Waals surface area (Å²) in [5, 5.41) is 5.66. The van der Waals surface area contributed by atoms with E-state index in [0.717, 1.165) is 5.69 Å². The number of hydrogen-bond donors (Lipinski definition) is 1. The summed E-state index contributed by atoms with van der Waals surface area (Å²) in [6.45, 7) is 0.202. The Morgan fingerprint density at radius 1 is 1.18 bits per heavy atom. The van der Waals surface area contributed by atoms with E-state index >= 15 is 0 Å². The highest BCUT2D eigenvalue weighted by molar-refractivity contribution is 7.09. The Hall–Kier alpha value is -2.90. The molecule has 1 aromatic heterocycles. The number of methoxy groups -OCH3 is 1. The minimum absolute atomic E-state index is 0.130. The van der Waals surface area contributed by atoms with Crippen LogP contribution in [-0.4, -0.2) is 24.0 Å². The Kier molecular flexibility index (Phi) is 6.62. The average Bonchev–Trinajstić information content (AvgIpc) is 3.14. The summed E-state index contributed by atoms with van der Waals surface area (Å²) in [5.41, 5.74) is 1.79. The van der Waals surface area contributed by atoms with Gasteiger partial charge >= 0.3 is 5.97 Å². The molecule has 1 N–H and O–H groups in total. The molecular weight excluding hydrogens is 400 g/mol. The molecule has 1 amide bonds. The topological polar surface area (TPSA) is 77.5 Å². The lowest BCUT2D eigenvalue weighted by Gasteiger charge is -2.07. The zero-order valence-corrected chi connectivity index (χ0v) is 16.5. The summed E-state index contributed by atoms with van der Waals surface area (Å²) in [6, 6.07) is 13.9. The third kappa shape index (κ3) is 5.31. The van der Waals surface area contributed by atoms with E-state index in [9.17, 15) is 9.59 Å². The molecular formula is C20H17ClN2O4S. The molecule has 0 saturated carbocycles. The number of esters is 1. The predicted molar refractivity (Wildman–Crippen MR) is 108 cm³/mol. The lowest BCUT2D eigenvalue weighted by atomic mass is 10.2. The minimum atomic E-state index is -0.466. The summed E-state index contributed by atoms with van der Waals surface area (Å²) in [4.78, 5) is 28.0. The maximum Gasteiger partial charge on any atom is 0.337 e. The molecule has 0 aliphatic rings. The van der Waals surface area contributed by atoms with Crippen LogP contribution in [0.3, 0.4) is 0 Å². The van der Waals surface area contributed by atoms with Crippen LogP contribution < -0.4 is 10.1 Å². The monoisotopic (exact) mass is 416 g/mol. The average molecular weight is 417 g/mol. The van der Waals surface area contributed by atoms with Crippen LogP contribution in [0.4, 0.5) is 5.69 Å². The third-order valence-corrected chi connectivity index (χ3v) is 4.89. The van der Waals surface area contributed by atoms with Crippen LogP contribution in [-0.2, 0) is 22.6 Å². The van der Waals surface area contributed by atoms with Crippen molar-refractivity contribution in [3.63, 3.8) is 0 Å². The molecule has 1 heterocycles. The van der Waals surface area contributed by atoms with Gasteiger partial charge in [-0.1, -0.05) is 29.8 Å². The molecule has 0 unspecified atom stereocenters. The lowest BCUT2D eigenvalue weighted by Crippen LogP contribution is -2.14. The van der Waals surface area contributed by atoms with E-state index in [1.54, 1.807) is 12.1 Å². The molecule has 2 aromatic carbocycles. The van der Waals surface area contributed by atoms with E-state index in [1.807, 2.05) is 35.7 Å². The molecule has 0 aliphatic heterocycles. The van der Waals surface area contributed by atoms with Crippen LogP contribution >= 0.6 is 22.9 Å². The number of anilines is 1. The van der Waals surface area contributed by atoms with Crippen LogP contribution in [0, 0.1) is 0 Å². The molecule has 0 spiro atoms. The van der Waals surface area contributed by atoms with E-state index in [0.29, 0.717) is 27.0 Å². The van der Waals surface area contributed by atoms with Crippen molar-refractivity contribution in [3.8, 4) is 5.75 Å². The van der Waals surface area contributed by atoms with Gasteiger partial charge < -0.3 is 14.8 Å². The highest BCUT2D eigenvalue weighted by Gasteiger charge is 2.12. The smallest absolute Gasteiger partial charge is 0.337 e. The summed E-state index contributed by atoms with van der Waals surface area (Å²) in [7, 11) is 1.31. The summed E-state index contributed by atoms with van der Waals surface area (Å²) in [5.74, 6) is -0.161. The van der Waals surface area contributed by atoms with Gasteiger partial charge in [0, 0.05) is 11.1 Å². The van der Waals surface area contributed by atoms with Crippen molar-refractivity contribution in [1.82, 2.24) is 4.98 Å². The number of ether oxygens (including phenoxy) is 2. The fourth-order valence-electron chi connectivity index (χ4n) is 2.37. The first-order valence-electron chi connectivity index (χ1n) is 8.34. The fraction of sp³-hybridized carbons (Fsp3) is 0.150. The summed E-state index contributed by atoms with van der Waals surface area (Å²) in [6.07, 6.45) is 0.189. The van der Waals surface area contributed by atoms with Gasteiger partial charge in [0.1, 0.15) is 17.4 Å². The maximum atomic E-state index is 12.1. The third-order valence-electron chi connectivity index (χ3n) is 3.70. The van der Waals surface area contributed by atoms with Crippen LogP contribution in [0.2, 0.25) is 5.02 Å². The van der Waals surface area contributed by atoms with Gasteiger partial charge in [-0.25, -0.2) is 9.78 Å². The second-order valence-electron chi connectivity index (χ2n) is 5.75. The molecule has 0 bridgehead atoms. The van der Waals surface area contributed by atoms with Gasteiger partial charge in [0.2, 0.25) is 5.91 Å². The van der Waals surface area contributed by atoms with Gasteiger partial charge in [-0.2, -0.15) is 0 Å². The number of hydrogen-bond acceptors (Lipinski definition) is 6. The number of benzene rings is 2. The van der Waals surface area contributed by atoms with E-state index in [4.69, 9.17) is 16.3 Å². The molecule has 144 valence electrons. The van der Waals surface area contributed by atoms with Crippen LogP contribution in [0.15, 0.2) is 53.9 Å². The van der Waals surface area contributed by atoms with Crippen LogP contribution in [0.25, 0.3) is 0 Å². The molecule has 6 nitrogen and oxygen atoms in total. The molecule has 0 saturated heterocycles. The Balaban J connectivity index is 1.55. The van der Waals surface area contributed by atoms with Gasteiger partial charge in [-0.3, -0.25) is 4.79 Å². The molecule has 0 radical (unpaired) electrons. The molecule has 3 rings (SSSR count). The first-order valence-corrected chi connectivity index (χ1v) is 9.60. The Morgan fingerprint density at radius 2 is 1.96 bits per heavy atom. The van der Waals surface area contributed by atoms with Gasteiger partial charge in [-0.15, -0.1) is 11.3 Å². The van der Waals surface area contributed by atoms with E-state index in [1.165, 1.54) is 24.5 Å². The Labute approximate surface area is 171 Å². The van der Waals surface area contributed by atoms with E-state index in [2.05, 4.69) is 15.0 Å². The number of nitrogens with zero attached hydrogens (tertiary/aromatic N) is 1. The maximum absolute atomic E-state index is 12.1. The standard InChI is InChI=1S/C20H17ClN2O4S/c1-26-20(25)13-7-8-17(16(21)9-13)27-11-15-12-28-19(23-15)10-18(24)22-14-5-3-2-4-6-14/h2-9,12H,10-11H2,1H3,(H,22,24). The van der Waals surface area contributed by atoms with Crippen molar-refractivity contribution in [2.45, 2.75) is 13.0 Å². The van der Waals surface area contributed by atoms with Crippen molar-refractivity contribution in [2.75, 3.05) is 12.4 Å². The second-order valence-corrected chi connectivity index (χ2v) is 7.10. The van der Waals surface area contributed by atoms with Crippen LogP contribution in [0.1, 0.15) is 21.1 Å². The lowest BCUT2D eigenvalue weighted by molar-refractivity contribution is -0.115.